The lowest BCUT2D eigenvalue weighted by atomic mass is 10.1. The monoisotopic (exact) mass is 403 g/mol. The summed E-state index contributed by atoms with van der Waals surface area (Å²) >= 11 is 0. The van der Waals surface area contributed by atoms with Crippen LogP contribution in [0.4, 0.5) is 18.9 Å². The number of benzene rings is 1. The molecule has 0 aromatic heterocycles. The SMILES string of the molecule is COCCOc1ccc(C(F)(F)F)cc1NC(=O)CN(C)CC(=O)NC1CC1. The fourth-order valence-corrected chi connectivity index (χ4v) is 2.40. The number of amides is 2. The van der Waals surface area contributed by atoms with Crippen molar-refractivity contribution in [2.24, 2.45) is 0 Å². The molecule has 1 saturated carbocycles. The van der Waals surface area contributed by atoms with Crippen molar-refractivity contribution < 1.29 is 32.2 Å². The number of hydrogen-bond acceptors (Lipinski definition) is 5. The van der Waals surface area contributed by atoms with E-state index in [9.17, 15) is 22.8 Å². The van der Waals surface area contributed by atoms with E-state index in [1.807, 2.05) is 0 Å². The van der Waals surface area contributed by atoms with Gasteiger partial charge in [0.1, 0.15) is 12.4 Å². The van der Waals surface area contributed by atoms with Crippen LogP contribution >= 0.6 is 0 Å². The predicted octanol–water partition coefficient (Wildman–Crippen LogP) is 1.88. The molecule has 0 bridgehead atoms. The molecule has 0 spiro atoms. The summed E-state index contributed by atoms with van der Waals surface area (Å²) in [6, 6.07) is 3.07. The van der Waals surface area contributed by atoms with Gasteiger partial charge in [0, 0.05) is 13.2 Å². The van der Waals surface area contributed by atoms with E-state index in [2.05, 4.69) is 10.6 Å². The molecule has 1 aliphatic carbocycles. The lowest BCUT2D eigenvalue weighted by Gasteiger charge is -2.18. The lowest BCUT2D eigenvalue weighted by Crippen LogP contribution is -2.39. The highest BCUT2D eigenvalue weighted by Gasteiger charge is 2.31. The Morgan fingerprint density at radius 3 is 2.46 bits per heavy atom. The highest BCUT2D eigenvalue weighted by Crippen LogP contribution is 2.35. The number of rotatable bonds is 10. The maximum atomic E-state index is 13.0. The number of carbonyl (C=O) groups is 2. The van der Waals surface area contributed by atoms with Gasteiger partial charge in [0.2, 0.25) is 11.8 Å². The quantitative estimate of drug-likeness (QED) is 0.583. The van der Waals surface area contributed by atoms with Crippen LogP contribution in [0.15, 0.2) is 18.2 Å². The molecule has 0 radical (unpaired) electrons. The van der Waals surface area contributed by atoms with Crippen molar-refractivity contribution in [3.63, 3.8) is 0 Å². The van der Waals surface area contributed by atoms with E-state index in [0.29, 0.717) is 0 Å². The number of ether oxygens (including phenoxy) is 2. The largest absolute Gasteiger partial charge is 0.489 e. The molecule has 156 valence electrons. The predicted molar refractivity (Wildman–Crippen MR) is 96.1 cm³/mol. The number of nitrogens with one attached hydrogen (secondary N) is 2. The summed E-state index contributed by atoms with van der Waals surface area (Å²) in [7, 11) is 3.04. The Hall–Kier alpha value is -2.33. The molecule has 0 aliphatic heterocycles. The second-order valence-corrected chi connectivity index (χ2v) is 6.61. The van der Waals surface area contributed by atoms with Crippen LogP contribution in [0.1, 0.15) is 18.4 Å². The average Bonchev–Trinajstić information content (AvgIpc) is 3.38. The minimum Gasteiger partial charge on any atom is -0.489 e. The second kappa shape index (κ2) is 9.74. The third-order valence-corrected chi connectivity index (χ3v) is 3.90. The number of anilines is 1. The van der Waals surface area contributed by atoms with Crippen molar-refractivity contribution >= 4 is 17.5 Å². The summed E-state index contributed by atoms with van der Waals surface area (Å²) in [5, 5.41) is 5.23. The summed E-state index contributed by atoms with van der Waals surface area (Å²) < 4.78 is 49.2. The standard InChI is InChI=1S/C18H24F3N3O4/c1-24(10-16(25)22-13-4-5-13)11-17(26)23-14-9-12(18(19,20)21)3-6-15(14)28-8-7-27-2/h3,6,9,13H,4-5,7-8,10-11H2,1-2H3,(H,22,25)(H,23,26). The van der Waals surface area contributed by atoms with Gasteiger partial charge in [-0.25, -0.2) is 0 Å². The number of nitrogens with zero attached hydrogens (tertiary/aromatic N) is 1. The maximum Gasteiger partial charge on any atom is 0.416 e. The van der Waals surface area contributed by atoms with E-state index >= 15 is 0 Å². The Balaban J connectivity index is 1.99. The third kappa shape index (κ3) is 7.35. The Morgan fingerprint density at radius 1 is 1.18 bits per heavy atom. The van der Waals surface area contributed by atoms with Gasteiger partial charge in [0.05, 0.1) is 30.9 Å². The highest BCUT2D eigenvalue weighted by molar-refractivity contribution is 5.94. The zero-order chi connectivity index (χ0) is 20.7. The van der Waals surface area contributed by atoms with E-state index in [4.69, 9.17) is 9.47 Å². The molecule has 0 unspecified atom stereocenters. The third-order valence-electron chi connectivity index (χ3n) is 3.90. The molecule has 2 rings (SSSR count). The maximum absolute atomic E-state index is 13.0. The molecule has 7 nitrogen and oxygen atoms in total. The number of hydrogen-bond donors (Lipinski definition) is 2. The van der Waals surface area contributed by atoms with Gasteiger partial charge in [-0.05, 0) is 38.1 Å². The van der Waals surface area contributed by atoms with Gasteiger partial charge < -0.3 is 20.1 Å². The van der Waals surface area contributed by atoms with Gasteiger partial charge in [-0.1, -0.05) is 0 Å². The summed E-state index contributed by atoms with van der Waals surface area (Å²) in [5.74, 6) is -0.648. The summed E-state index contributed by atoms with van der Waals surface area (Å²) in [6.45, 7) is 0.217. The average molecular weight is 403 g/mol. The van der Waals surface area contributed by atoms with Gasteiger partial charge in [-0.3, -0.25) is 14.5 Å². The van der Waals surface area contributed by atoms with Crippen LogP contribution in [0.5, 0.6) is 5.75 Å². The van der Waals surface area contributed by atoms with Crippen LogP contribution < -0.4 is 15.4 Å². The van der Waals surface area contributed by atoms with Crippen molar-refractivity contribution in [2.45, 2.75) is 25.1 Å². The molecule has 1 aromatic rings. The first-order chi connectivity index (χ1) is 13.2. The summed E-state index contributed by atoms with van der Waals surface area (Å²) in [5.41, 5.74) is -0.995. The molecule has 2 amide bonds. The fraction of sp³-hybridized carbons (Fsp3) is 0.556. The molecule has 2 N–H and O–H groups in total. The molecule has 28 heavy (non-hydrogen) atoms. The number of methoxy groups -OCH3 is 1. The topological polar surface area (TPSA) is 79.9 Å². The van der Waals surface area contributed by atoms with Crippen LogP contribution in [-0.4, -0.2) is 63.2 Å². The Morgan fingerprint density at radius 2 is 1.86 bits per heavy atom. The zero-order valence-corrected chi connectivity index (χ0v) is 15.8. The van der Waals surface area contributed by atoms with E-state index in [0.717, 1.165) is 31.0 Å². The lowest BCUT2D eigenvalue weighted by molar-refractivity contribution is -0.137. The van der Waals surface area contributed by atoms with E-state index in [1.54, 1.807) is 7.05 Å². The minimum absolute atomic E-state index is 0.0176. The van der Waals surface area contributed by atoms with E-state index < -0.39 is 17.6 Å². The molecule has 1 aliphatic rings. The van der Waals surface area contributed by atoms with Gasteiger partial charge in [0.15, 0.2) is 0 Å². The Kier molecular flexibility index (Phi) is 7.64. The first-order valence-corrected chi connectivity index (χ1v) is 8.79. The molecule has 10 heteroatoms. The number of carbonyl (C=O) groups excluding carboxylic acids is 2. The fourth-order valence-electron chi connectivity index (χ4n) is 2.40. The van der Waals surface area contributed by atoms with Crippen LogP contribution in [0.2, 0.25) is 0 Å². The minimum atomic E-state index is -4.55. The normalized spacial score (nSPS) is 14.1. The number of likely N-dealkylation sites (N-methyl/N-ethyl adjacent to an activating group) is 1. The van der Waals surface area contributed by atoms with Crippen LogP contribution in [0.3, 0.4) is 0 Å². The van der Waals surface area contributed by atoms with Crippen molar-refractivity contribution in [1.29, 1.82) is 0 Å². The van der Waals surface area contributed by atoms with E-state index in [1.165, 1.54) is 12.0 Å². The first kappa shape index (κ1) is 22.0. The second-order valence-electron chi connectivity index (χ2n) is 6.61. The summed E-state index contributed by atoms with van der Waals surface area (Å²) in [6.07, 6.45) is -2.64. The molecular formula is C18H24F3N3O4. The molecule has 0 heterocycles. The van der Waals surface area contributed by atoms with Gasteiger partial charge in [0.25, 0.3) is 0 Å². The van der Waals surface area contributed by atoms with Gasteiger partial charge in [-0.15, -0.1) is 0 Å². The number of alkyl halides is 3. The highest BCUT2D eigenvalue weighted by atomic mass is 19.4. The van der Waals surface area contributed by atoms with Crippen LogP contribution in [0.25, 0.3) is 0 Å². The number of halogens is 3. The molecule has 1 aromatic carbocycles. The Bertz CT molecular complexity index is 693. The van der Waals surface area contributed by atoms with Crippen molar-refractivity contribution in [3.05, 3.63) is 23.8 Å². The van der Waals surface area contributed by atoms with Crippen molar-refractivity contribution in [2.75, 3.05) is 45.8 Å². The molecule has 0 atom stereocenters. The molecular weight excluding hydrogens is 379 g/mol. The van der Waals surface area contributed by atoms with E-state index in [-0.39, 0.29) is 49.7 Å². The van der Waals surface area contributed by atoms with Crippen LogP contribution in [0, 0.1) is 0 Å². The molecule has 0 saturated heterocycles. The summed E-state index contributed by atoms with van der Waals surface area (Å²) in [4.78, 5) is 25.5. The van der Waals surface area contributed by atoms with Gasteiger partial charge >= 0.3 is 6.18 Å². The van der Waals surface area contributed by atoms with Crippen molar-refractivity contribution in [3.8, 4) is 5.75 Å². The van der Waals surface area contributed by atoms with Gasteiger partial charge in [-0.2, -0.15) is 13.2 Å². The van der Waals surface area contributed by atoms with Crippen molar-refractivity contribution in [1.82, 2.24) is 10.2 Å². The Labute approximate surface area is 161 Å². The zero-order valence-electron chi connectivity index (χ0n) is 15.8. The van der Waals surface area contributed by atoms with Crippen LogP contribution in [-0.2, 0) is 20.5 Å². The smallest absolute Gasteiger partial charge is 0.416 e. The molecule has 1 fully saturated rings. The first-order valence-electron chi connectivity index (χ1n) is 8.79.